The van der Waals surface area contributed by atoms with Crippen LogP contribution in [0.4, 0.5) is 0 Å². The fourth-order valence-electron chi connectivity index (χ4n) is 5.20. The molecule has 0 spiro atoms. The molecule has 2 heterocycles. The predicted octanol–water partition coefficient (Wildman–Crippen LogP) is 3.18. The van der Waals surface area contributed by atoms with Crippen molar-refractivity contribution in [1.29, 1.82) is 0 Å². The van der Waals surface area contributed by atoms with E-state index in [0.717, 1.165) is 32.2 Å². The van der Waals surface area contributed by atoms with Gasteiger partial charge in [0.05, 0.1) is 11.0 Å². The van der Waals surface area contributed by atoms with Crippen LogP contribution in [-0.4, -0.2) is 51.1 Å². The second-order valence-corrected chi connectivity index (χ2v) is 10.6. The third kappa shape index (κ3) is 4.52. The van der Waals surface area contributed by atoms with Gasteiger partial charge in [-0.25, -0.2) is 13.1 Å². The van der Waals surface area contributed by atoms with Crippen LogP contribution in [0.3, 0.4) is 0 Å². The molecule has 29 heavy (non-hydrogen) atoms. The average molecular weight is 421 g/mol. The van der Waals surface area contributed by atoms with Gasteiger partial charge in [-0.2, -0.15) is 0 Å². The minimum atomic E-state index is -3.60. The summed E-state index contributed by atoms with van der Waals surface area (Å²) in [6.45, 7) is 4.09. The lowest BCUT2D eigenvalue weighted by atomic mass is 9.72. The number of benzene rings is 1. The van der Waals surface area contributed by atoms with Crippen molar-refractivity contribution in [2.24, 2.45) is 11.8 Å². The summed E-state index contributed by atoms with van der Waals surface area (Å²) in [4.78, 5) is 15.4. The van der Waals surface area contributed by atoms with Crippen LogP contribution in [0.2, 0.25) is 0 Å². The van der Waals surface area contributed by atoms with Crippen molar-refractivity contribution in [3.8, 4) is 0 Å². The number of piperidine rings is 1. The van der Waals surface area contributed by atoms with E-state index in [1.54, 1.807) is 12.1 Å². The van der Waals surface area contributed by atoms with E-state index < -0.39 is 10.0 Å². The predicted molar refractivity (Wildman–Crippen MR) is 111 cm³/mol. The molecule has 2 saturated heterocycles. The Morgan fingerprint density at radius 2 is 1.86 bits per heavy atom. The molecular weight excluding hydrogens is 388 g/mol. The van der Waals surface area contributed by atoms with Crippen LogP contribution in [0, 0.1) is 11.8 Å². The molecule has 1 aliphatic carbocycles. The Labute approximate surface area is 174 Å². The number of rotatable bonds is 5. The lowest BCUT2D eigenvalue weighted by Crippen LogP contribution is -2.52. The lowest BCUT2D eigenvalue weighted by Gasteiger charge is -2.47. The van der Waals surface area contributed by atoms with Gasteiger partial charge in [0.15, 0.2) is 0 Å². The minimum Gasteiger partial charge on any atom is -0.377 e. The van der Waals surface area contributed by atoms with E-state index in [-0.39, 0.29) is 23.5 Å². The van der Waals surface area contributed by atoms with Crippen molar-refractivity contribution >= 4 is 15.9 Å². The Hall–Kier alpha value is -1.44. The first kappa shape index (κ1) is 20.8. The highest BCUT2D eigenvalue weighted by Gasteiger charge is 2.39. The van der Waals surface area contributed by atoms with Crippen LogP contribution in [0.25, 0.3) is 0 Å². The van der Waals surface area contributed by atoms with Gasteiger partial charge >= 0.3 is 0 Å². The summed E-state index contributed by atoms with van der Waals surface area (Å²) < 4.78 is 33.2. The van der Waals surface area contributed by atoms with Gasteiger partial charge < -0.3 is 9.64 Å². The Balaban J connectivity index is 1.43. The second-order valence-electron chi connectivity index (χ2n) is 8.79. The summed E-state index contributed by atoms with van der Waals surface area (Å²) in [5.74, 6) is 1.31. The largest absolute Gasteiger partial charge is 0.377 e. The average Bonchev–Trinajstić information content (AvgIpc) is 3.26. The maximum Gasteiger partial charge on any atom is 0.254 e. The van der Waals surface area contributed by atoms with E-state index in [1.807, 2.05) is 4.90 Å². The monoisotopic (exact) mass is 420 g/mol. The number of nitrogens with zero attached hydrogens (tertiary/aromatic N) is 1. The quantitative estimate of drug-likeness (QED) is 0.794. The number of fused-ring (bicyclic) bond motifs is 1. The normalized spacial score (nSPS) is 30.2. The van der Waals surface area contributed by atoms with E-state index >= 15 is 0 Å². The highest BCUT2D eigenvalue weighted by Crippen LogP contribution is 2.39. The zero-order valence-corrected chi connectivity index (χ0v) is 18.0. The third-order valence-corrected chi connectivity index (χ3v) is 8.38. The van der Waals surface area contributed by atoms with E-state index in [1.165, 1.54) is 31.4 Å². The number of carbonyl (C=O) groups excluding carboxylic acids is 1. The molecule has 1 N–H and O–H groups in total. The van der Waals surface area contributed by atoms with Crippen molar-refractivity contribution in [3.63, 3.8) is 0 Å². The van der Waals surface area contributed by atoms with Crippen LogP contribution in [0.5, 0.6) is 0 Å². The van der Waals surface area contributed by atoms with E-state index in [0.29, 0.717) is 30.0 Å². The molecule has 1 amide bonds. The SMILES string of the molecule is CC1CCN(C(=O)c2ccc(S(=O)(=O)NCC3CCCO3)cc2)C2CCCCC12. The first-order chi connectivity index (χ1) is 14.0. The molecule has 4 unspecified atom stereocenters. The van der Waals surface area contributed by atoms with Crippen molar-refractivity contribution in [2.45, 2.75) is 68.9 Å². The lowest BCUT2D eigenvalue weighted by molar-refractivity contribution is 0.0217. The number of hydrogen-bond acceptors (Lipinski definition) is 4. The molecular formula is C22H32N2O4S. The van der Waals surface area contributed by atoms with Crippen LogP contribution >= 0.6 is 0 Å². The molecule has 4 atom stereocenters. The molecule has 6 nitrogen and oxygen atoms in total. The van der Waals surface area contributed by atoms with Gasteiger partial charge in [-0.3, -0.25) is 4.79 Å². The van der Waals surface area contributed by atoms with Gasteiger partial charge in [-0.15, -0.1) is 0 Å². The van der Waals surface area contributed by atoms with Gasteiger partial charge in [0.2, 0.25) is 10.0 Å². The van der Waals surface area contributed by atoms with Gasteiger partial charge in [0, 0.05) is 31.3 Å². The first-order valence-corrected chi connectivity index (χ1v) is 12.5. The summed E-state index contributed by atoms with van der Waals surface area (Å²) in [7, 11) is -3.60. The van der Waals surface area contributed by atoms with E-state index in [4.69, 9.17) is 4.74 Å². The van der Waals surface area contributed by atoms with Crippen molar-refractivity contribution in [2.75, 3.05) is 19.7 Å². The number of sulfonamides is 1. The Bertz CT molecular complexity index is 818. The van der Waals surface area contributed by atoms with Crippen LogP contribution in [-0.2, 0) is 14.8 Å². The highest BCUT2D eigenvalue weighted by atomic mass is 32.2. The van der Waals surface area contributed by atoms with Crippen LogP contribution in [0.1, 0.15) is 62.2 Å². The summed E-state index contributed by atoms with van der Waals surface area (Å²) >= 11 is 0. The minimum absolute atomic E-state index is 0.0325. The van der Waals surface area contributed by atoms with Crippen molar-refractivity contribution < 1.29 is 17.9 Å². The number of hydrogen-bond donors (Lipinski definition) is 1. The fraction of sp³-hybridized carbons (Fsp3) is 0.682. The molecule has 1 saturated carbocycles. The number of likely N-dealkylation sites (tertiary alicyclic amines) is 1. The first-order valence-electron chi connectivity index (χ1n) is 11.0. The molecule has 0 bridgehead atoms. The number of nitrogens with one attached hydrogen (secondary N) is 1. The Kier molecular flexibility index (Phi) is 6.27. The fourth-order valence-corrected chi connectivity index (χ4v) is 6.27. The number of amides is 1. The molecule has 3 fully saturated rings. The molecule has 1 aromatic carbocycles. The topological polar surface area (TPSA) is 75.7 Å². The van der Waals surface area contributed by atoms with Gasteiger partial charge in [-0.1, -0.05) is 19.8 Å². The van der Waals surface area contributed by atoms with Gasteiger partial charge in [0.25, 0.3) is 5.91 Å². The summed E-state index contributed by atoms with van der Waals surface area (Å²) in [5.41, 5.74) is 0.571. The van der Waals surface area contributed by atoms with Crippen molar-refractivity contribution in [1.82, 2.24) is 9.62 Å². The molecule has 2 aliphatic heterocycles. The van der Waals surface area contributed by atoms with E-state index in [9.17, 15) is 13.2 Å². The summed E-state index contributed by atoms with van der Waals surface area (Å²) in [6.07, 6.45) is 7.60. The van der Waals surface area contributed by atoms with Gasteiger partial charge in [-0.05, 0) is 68.2 Å². The molecule has 0 aromatic heterocycles. The molecule has 160 valence electrons. The third-order valence-electron chi connectivity index (χ3n) is 6.94. The summed E-state index contributed by atoms with van der Waals surface area (Å²) in [6, 6.07) is 6.71. The molecule has 4 rings (SSSR count). The zero-order chi connectivity index (χ0) is 20.4. The highest BCUT2D eigenvalue weighted by molar-refractivity contribution is 7.89. The van der Waals surface area contributed by atoms with E-state index in [2.05, 4.69) is 11.6 Å². The molecule has 1 aromatic rings. The zero-order valence-electron chi connectivity index (χ0n) is 17.2. The Morgan fingerprint density at radius 3 is 2.59 bits per heavy atom. The second kappa shape index (κ2) is 8.74. The standard InChI is InChI=1S/C22H32N2O4S/c1-16-12-13-24(21-7-3-2-6-20(16)21)22(25)17-8-10-19(11-9-17)29(26,27)23-15-18-5-4-14-28-18/h8-11,16,18,20-21,23H,2-7,12-15H2,1H3. The number of ether oxygens (including phenoxy) is 1. The van der Waals surface area contributed by atoms with Crippen LogP contribution in [0.15, 0.2) is 29.2 Å². The Morgan fingerprint density at radius 1 is 1.10 bits per heavy atom. The maximum absolute atomic E-state index is 13.2. The summed E-state index contributed by atoms with van der Waals surface area (Å²) in [5, 5.41) is 0. The van der Waals surface area contributed by atoms with Gasteiger partial charge in [0.1, 0.15) is 0 Å². The molecule has 3 aliphatic rings. The van der Waals surface area contributed by atoms with Crippen LogP contribution < -0.4 is 4.72 Å². The maximum atomic E-state index is 13.2. The smallest absolute Gasteiger partial charge is 0.254 e. The number of carbonyl (C=O) groups is 1. The molecule has 0 radical (unpaired) electrons. The molecule has 7 heteroatoms. The van der Waals surface area contributed by atoms with Crippen molar-refractivity contribution in [3.05, 3.63) is 29.8 Å².